The Kier molecular flexibility index (Phi) is 4.28. The first kappa shape index (κ1) is 14.4. The van der Waals surface area contributed by atoms with Gasteiger partial charge in [0, 0.05) is 6.04 Å². The van der Waals surface area contributed by atoms with Crippen molar-refractivity contribution in [3.05, 3.63) is 35.1 Å². The van der Waals surface area contributed by atoms with Crippen molar-refractivity contribution in [3.8, 4) is 6.07 Å². The van der Waals surface area contributed by atoms with Crippen LogP contribution in [0, 0.1) is 28.8 Å². The first-order chi connectivity index (χ1) is 9.56. The van der Waals surface area contributed by atoms with Crippen LogP contribution < -0.4 is 0 Å². The summed E-state index contributed by atoms with van der Waals surface area (Å²) >= 11 is 0. The predicted molar refractivity (Wildman–Crippen MR) is 65.2 cm³/mol. The average Bonchev–Trinajstić information content (AvgIpc) is 2.95. The lowest BCUT2D eigenvalue weighted by molar-refractivity contribution is 0.0703. The number of nitrogens with zero attached hydrogens (tertiary/aromatic N) is 2. The number of carbonyl (C=O) groups excluding carboxylic acids is 1. The van der Waals surface area contributed by atoms with E-state index in [1.165, 1.54) is 4.90 Å². The third kappa shape index (κ3) is 2.62. The number of carbonyl (C=O) groups is 1. The maximum absolute atomic E-state index is 13.7. The number of amides is 1. The molecule has 0 aliphatic heterocycles. The quantitative estimate of drug-likeness (QED) is 0.632. The predicted octanol–water partition coefficient (Wildman–Crippen LogP) is 3.01. The lowest BCUT2D eigenvalue weighted by Gasteiger charge is -2.26. The normalized spacial score (nSPS) is 15.1. The molecule has 1 fully saturated rings. The van der Waals surface area contributed by atoms with Gasteiger partial charge in [0.15, 0.2) is 17.5 Å². The Morgan fingerprint density at radius 3 is 2.50 bits per heavy atom. The number of hydrogen-bond donors (Lipinski definition) is 0. The molecule has 1 saturated carbocycles. The monoisotopic (exact) mass is 282 g/mol. The van der Waals surface area contributed by atoms with Crippen LogP contribution in [0.5, 0.6) is 0 Å². The molecule has 0 unspecified atom stereocenters. The molecule has 0 N–H and O–H groups in total. The first-order valence-electron chi connectivity index (χ1n) is 6.37. The van der Waals surface area contributed by atoms with Crippen molar-refractivity contribution in [2.75, 3.05) is 6.54 Å². The van der Waals surface area contributed by atoms with E-state index in [0.717, 1.165) is 31.7 Å². The summed E-state index contributed by atoms with van der Waals surface area (Å²) in [4.78, 5) is 13.5. The van der Waals surface area contributed by atoms with Crippen LogP contribution in [0.25, 0.3) is 0 Å². The van der Waals surface area contributed by atoms with Crippen molar-refractivity contribution in [1.82, 2.24) is 4.90 Å². The molecule has 1 aliphatic carbocycles. The molecule has 3 nitrogen and oxygen atoms in total. The fourth-order valence-electron chi connectivity index (χ4n) is 2.50. The van der Waals surface area contributed by atoms with Gasteiger partial charge in [-0.15, -0.1) is 0 Å². The van der Waals surface area contributed by atoms with Gasteiger partial charge < -0.3 is 4.90 Å². The van der Waals surface area contributed by atoms with Crippen molar-refractivity contribution in [1.29, 1.82) is 5.26 Å². The van der Waals surface area contributed by atoms with Crippen LogP contribution >= 0.6 is 0 Å². The molecule has 0 aromatic heterocycles. The van der Waals surface area contributed by atoms with E-state index in [1.807, 2.05) is 6.07 Å². The second-order valence-corrected chi connectivity index (χ2v) is 4.75. The molecule has 0 bridgehead atoms. The Bertz CT molecular complexity index is 562. The van der Waals surface area contributed by atoms with E-state index in [2.05, 4.69) is 0 Å². The zero-order valence-electron chi connectivity index (χ0n) is 10.7. The summed E-state index contributed by atoms with van der Waals surface area (Å²) in [5, 5.41) is 8.79. The second-order valence-electron chi connectivity index (χ2n) is 4.75. The van der Waals surface area contributed by atoms with E-state index in [4.69, 9.17) is 5.26 Å². The molecular formula is C14H13F3N2O. The molecule has 0 atom stereocenters. The summed E-state index contributed by atoms with van der Waals surface area (Å²) < 4.78 is 39.7. The lowest BCUT2D eigenvalue weighted by Crippen LogP contribution is -2.39. The summed E-state index contributed by atoms with van der Waals surface area (Å²) in [6.07, 6.45) is 3.33. The van der Waals surface area contributed by atoms with Gasteiger partial charge in [-0.25, -0.2) is 13.2 Å². The molecule has 0 saturated heterocycles. The Balaban J connectivity index is 2.32. The molecule has 20 heavy (non-hydrogen) atoms. The topological polar surface area (TPSA) is 44.1 Å². The Morgan fingerprint density at radius 2 is 1.90 bits per heavy atom. The van der Waals surface area contributed by atoms with Crippen LogP contribution in [0.1, 0.15) is 36.0 Å². The first-order valence-corrected chi connectivity index (χ1v) is 6.37. The highest BCUT2D eigenvalue weighted by Gasteiger charge is 2.30. The van der Waals surface area contributed by atoms with Crippen LogP contribution in [0.4, 0.5) is 13.2 Å². The van der Waals surface area contributed by atoms with Gasteiger partial charge in [-0.2, -0.15) is 5.26 Å². The van der Waals surface area contributed by atoms with Crippen molar-refractivity contribution < 1.29 is 18.0 Å². The highest BCUT2D eigenvalue weighted by atomic mass is 19.2. The van der Waals surface area contributed by atoms with Crippen molar-refractivity contribution in [3.63, 3.8) is 0 Å². The van der Waals surface area contributed by atoms with Gasteiger partial charge in [-0.05, 0) is 25.0 Å². The molecule has 1 amide bonds. The number of nitriles is 1. The molecule has 0 spiro atoms. The molecule has 6 heteroatoms. The highest BCUT2D eigenvalue weighted by Crippen LogP contribution is 2.26. The van der Waals surface area contributed by atoms with Gasteiger partial charge in [0.2, 0.25) is 0 Å². The highest BCUT2D eigenvalue weighted by molar-refractivity contribution is 5.95. The van der Waals surface area contributed by atoms with Crippen molar-refractivity contribution in [2.45, 2.75) is 31.7 Å². The van der Waals surface area contributed by atoms with Crippen LogP contribution in [-0.2, 0) is 0 Å². The van der Waals surface area contributed by atoms with E-state index < -0.39 is 28.9 Å². The van der Waals surface area contributed by atoms with Crippen LogP contribution in [0.15, 0.2) is 12.1 Å². The fraction of sp³-hybridized carbons (Fsp3) is 0.429. The molecule has 0 radical (unpaired) electrons. The molecule has 106 valence electrons. The summed E-state index contributed by atoms with van der Waals surface area (Å²) in [6, 6.07) is 3.34. The molecule has 2 rings (SSSR count). The molecule has 0 heterocycles. The van der Waals surface area contributed by atoms with E-state index in [-0.39, 0.29) is 12.6 Å². The minimum Gasteiger partial charge on any atom is -0.322 e. The lowest BCUT2D eigenvalue weighted by atomic mass is 10.1. The third-order valence-electron chi connectivity index (χ3n) is 3.53. The van der Waals surface area contributed by atoms with Crippen LogP contribution in [-0.4, -0.2) is 23.4 Å². The molecular weight excluding hydrogens is 269 g/mol. The van der Waals surface area contributed by atoms with Crippen LogP contribution in [0.3, 0.4) is 0 Å². The van der Waals surface area contributed by atoms with Crippen molar-refractivity contribution >= 4 is 5.91 Å². The Labute approximate surface area is 114 Å². The van der Waals surface area contributed by atoms with Gasteiger partial charge in [-0.3, -0.25) is 4.79 Å². The summed E-state index contributed by atoms with van der Waals surface area (Å²) in [5.41, 5.74) is -0.536. The average molecular weight is 282 g/mol. The number of benzene rings is 1. The Morgan fingerprint density at radius 1 is 1.25 bits per heavy atom. The smallest absolute Gasteiger partial charge is 0.258 e. The molecule has 1 aromatic rings. The van der Waals surface area contributed by atoms with E-state index >= 15 is 0 Å². The SMILES string of the molecule is N#CCN(C(=O)c1ccc(F)c(F)c1F)C1CCCC1. The number of rotatable bonds is 3. The van der Waals surface area contributed by atoms with E-state index in [0.29, 0.717) is 6.07 Å². The van der Waals surface area contributed by atoms with Gasteiger partial charge >= 0.3 is 0 Å². The standard InChI is InChI=1S/C14H13F3N2O/c15-11-6-5-10(12(16)13(11)17)14(20)19(8-7-18)9-3-1-2-4-9/h5-6,9H,1-4,8H2. The van der Waals surface area contributed by atoms with E-state index in [9.17, 15) is 18.0 Å². The van der Waals surface area contributed by atoms with Gasteiger partial charge in [0.25, 0.3) is 5.91 Å². The molecule has 1 aliphatic rings. The van der Waals surface area contributed by atoms with E-state index in [1.54, 1.807) is 0 Å². The molecule has 1 aromatic carbocycles. The summed E-state index contributed by atoms with van der Waals surface area (Å²) in [7, 11) is 0. The number of hydrogen-bond acceptors (Lipinski definition) is 2. The van der Waals surface area contributed by atoms with Crippen LogP contribution in [0.2, 0.25) is 0 Å². The third-order valence-corrected chi connectivity index (χ3v) is 3.53. The summed E-state index contributed by atoms with van der Waals surface area (Å²) in [6.45, 7) is -0.193. The van der Waals surface area contributed by atoms with Crippen molar-refractivity contribution in [2.24, 2.45) is 0 Å². The number of halogens is 3. The van der Waals surface area contributed by atoms with Gasteiger partial charge in [0.1, 0.15) is 6.54 Å². The fourth-order valence-corrected chi connectivity index (χ4v) is 2.50. The maximum Gasteiger partial charge on any atom is 0.258 e. The zero-order chi connectivity index (χ0) is 14.7. The minimum atomic E-state index is -1.67. The maximum atomic E-state index is 13.7. The second kappa shape index (κ2) is 5.95. The zero-order valence-corrected chi connectivity index (χ0v) is 10.7. The summed E-state index contributed by atoms with van der Waals surface area (Å²) in [5.74, 6) is -5.28. The minimum absolute atomic E-state index is 0.144. The van der Waals surface area contributed by atoms with Gasteiger partial charge in [-0.1, -0.05) is 12.8 Å². The Hall–Kier alpha value is -2.03. The largest absolute Gasteiger partial charge is 0.322 e. The van der Waals surface area contributed by atoms with Gasteiger partial charge in [0.05, 0.1) is 11.6 Å².